The van der Waals surface area contributed by atoms with Gasteiger partial charge in [-0.3, -0.25) is 0 Å². The molecule has 0 radical (unpaired) electrons. The lowest BCUT2D eigenvalue weighted by Gasteiger charge is -2.29. The average molecular weight is 670 g/mol. The highest BCUT2D eigenvalue weighted by atomic mass is 35.5. The van der Waals surface area contributed by atoms with Gasteiger partial charge in [0.2, 0.25) is 0 Å². The van der Waals surface area contributed by atoms with E-state index in [9.17, 15) is 9.65 Å². The summed E-state index contributed by atoms with van der Waals surface area (Å²) in [5.41, 5.74) is 11.4. The van der Waals surface area contributed by atoms with Crippen LogP contribution in [0, 0.1) is 28.8 Å². The van der Waals surface area contributed by atoms with Crippen molar-refractivity contribution in [2.45, 2.75) is 25.1 Å². The van der Waals surface area contributed by atoms with Gasteiger partial charge >= 0.3 is 6.01 Å². The van der Waals surface area contributed by atoms with E-state index in [1.54, 1.807) is 18.1 Å². The van der Waals surface area contributed by atoms with Crippen molar-refractivity contribution in [2.75, 3.05) is 50.7 Å². The molecule has 0 amide bonds. The molecule has 11 nitrogen and oxygen atoms in total. The van der Waals surface area contributed by atoms with E-state index in [0.29, 0.717) is 18.2 Å². The molecule has 4 heterocycles. The van der Waals surface area contributed by atoms with Crippen LogP contribution in [0.4, 0.5) is 29.8 Å². The summed E-state index contributed by atoms with van der Waals surface area (Å²) < 4.78 is 59.1. The van der Waals surface area contributed by atoms with Crippen molar-refractivity contribution in [2.24, 2.45) is 0 Å². The smallest absolute Gasteiger partial charge is 0.319 e. The van der Waals surface area contributed by atoms with Crippen LogP contribution in [-0.4, -0.2) is 71.3 Å². The number of likely N-dealkylation sites (N-methyl/N-ethyl adjacent to an activating group) is 1. The molecule has 2 aromatic carbocycles. The normalized spacial score (nSPS) is 17.1. The number of anilines is 3. The van der Waals surface area contributed by atoms with E-state index in [4.69, 9.17) is 32.5 Å². The Morgan fingerprint density at radius 3 is 2.59 bits per heavy atom. The van der Waals surface area contributed by atoms with Gasteiger partial charge in [0.25, 0.3) is 0 Å². The zero-order valence-corrected chi connectivity index (χ0v) is 26.5. The van der Waals surface area contributed by atoms with Crippen LogP contribution in [0.5, 0.6) is 6.01 Å². The SMILES string of the molecule is C[C@H](c1cncnc1N)N(C)c1nc(O[C@H]2COC[C@H]2N(C)C)nc2c(F)c(-c3c(F)cc(F)c4sc(N)c(C#N)c34)c(Cl)cc12. The van der Waals surface area contributed by atoms with Gasteiger partial charge < -0.3 is 30.7 Å². The number of halogens is 4. The number of nitrogen functional groups attached to an aromatic ring is 2. The molecular formula is C30H27ClF3N9O2S. The molecule has 0 aliphatic carbocycles. The number of nitrogens with zero attached hydrogens (tertiary/aromatic N) is 7. The number of aromatic nitrogens is 4. The second-order valence-electron chi connectivity index (χ2n) is 11.0. The van der Waals surface area contributed by atoms with Crippen molar-refractivity contribution in [3.63, 3.8) is 0 Å². The Morgan fingerprint density at radius 1 is 1.13 bits per heavy atom. The molecule has 46 heavy (non-hydrogen) atoms. The highest BCUT2D eigenvalue weighted by Crippen LogP contribution is 2.47. The Kier molecular flexibility index (Phi) is 8.23. The van der Waals surface area contributed by atoms with Gasteiger partial charge in [-0.2, -0.15) is 15.2 Å². The second-order valence-corrected chi connectivity index (χ2v) is 12.5. The standard InChI is InChI=1S/C30H27ClF3N9O2S/c1-12(15-8-38-11-39-27(15)36)43(4)29-13-5-16(31)22(23-17(32)6-18(33)26-21(23)14(7-35)28(37)46-26)24(34)25(13)40-30(41-29)45-20-10-44-9-19(20)42(2)3/h5-6,8,11-12,19-20H,9-10,37H2,1-4H3,(H2,36,38,39)/t12-,19-,20+/m1/s1. The molecular weight excluding hydrogens is 643 g/mol. The molecule has 1 fully saturated rings. The summed E-state index contributed by atoms with van der Waals surface area (Å²) in [6.07, 6.45) is 2.40. The molecule has 1 aliphatic rings. The molecule has 238 valence electrons. The quantitative estimate of drug-likeness (QED) is 0.232. The minimum absolute atomic E-state index is 0.0464. The van der Waals surface area contributed by atoms with Crippen molar-refractivity contribution >= 4 is 60.6 Å². The monoisotopic (exact) mass is 669 g/mol. The summed E-state index contributed by atoms with van der Waals surface area (Å²) in [5.74, 6) is -2.65. The number of nitriles is 1. The number of nitrogens with two attached hydrogens (primary N) is 2. The van der Waals surface area contributed by atoms with Crippen LogP contribution in [0.2, 0.25) is 5.02 Å². The lowest BCUT2D eigenvalue weighted by molar-refractivity contribution is 0.117. The maximum absolute atomic E-state index is 16.9. The van der Waals surface area contributed by atoms with Gasteiger partial charge in [-0.25, -0.2) is 23.1 Å². The number of hydrogen-bond donors (Lipinski definition) is 2. The molecule has 0 bridgehead atoms. The first-order valence-electron chi connectivity index (χ1n) is 13.9. The number of rotatable bonds is 7. The summed E-state index contributed by atoms with van der Waals surface area (Å²) in [6, 6.07) is 3.09. The van der Waals surface area contributed by atoms with E-state index in [-0.39, 0.29) is 66.9 Å². The Morgan fingerprint density at radius 2 is 1.89 bits per heavy atom. The van der Waals surface area contributed by atoms with Crippen molar-refractivity contribution in [1.82, 2.24) is 24.8 Å². The summed E-state index contributed by atoms with van der Waals surface area (Å²) in [5, 5.41) is 9.50. The van der Waals surface area contributed by atoms with Crippen molar-refractivity contribution < 1.29 is 22.6 Å². The largest absolute Gasteiger partial charge is 0.456 e. The number of hydrogen-bond acceptors (Lipinski definition) is 12. The van der Waals surface area contributed by atoms with Crippen LogP contribution in [0.15, 0.2) is 24.7 Å². The summed E-state index contributed by atoms with van der Waals surface area (Å²) >= 11 is 7.46. The minimum atomic E-state index is -1.13. The molecule has 0 spiro atoms. The van der Waals surface area contributed by atoms with Crippen LogP contribution in [0.25, 0.3) is 32.1 Å². The molecule has 0 saturated carbocycles. The van der Waals surface area contributed by atoms with Crippen molar-refractivity contribution in [3.05, 3.63) is 58.3 Å². The maximum Gasteiger partial charge on any atom is 0.319 e. The molecule has 6 rings (SSSR count). The van der Waals surface area contributed by atoms with E-state index in [2.05, 4.69) is 19.9 Å². The predicted octanol–water partition coefficient (Wildman–Crippen LogP) is 5.31. The zero-order chi connectivity index (χ0) is 33.0. The second kappa shape index (κ2) is 12.0. The fourth-order valence-electron chi connectivity index (χ4n) is 5.61. The molecule has 5 aromatic rings. The van der Waals surface area contributed by atoms with Crippen molar-refractivity contribution in [1.29, 1.82) is 5.26 Å². The average Bonchev–Trinajstić information content (AvgIpc) is 3.62. The first-order valence-corrected chi connectivity index (χ1v) is 15.1. The van der Waals surface area contributed by atoms with E-state index < -0.39 is 40.7 Å². The van der Waals surface area contributed by atoms with E-state index >= 15 is 8.78 Å². The molecule has 4 N–H and O–H groups in total. The Bertz CT molecular complexity index is 2060. The van der Waals surface area contributed by atoms with Gasteiger partial charge in [0.05, 0.1) is 40.6 Å². The molecule has 16 heteroatoms. The first-order chi connectivity index (χ1) is 21.9. The molecule has 1 aliphatic heterocycles. The fraction of sp³-hybridized carbons (Fsp3) is 0.300. The van der Waals surface area contributed by atoms with Gasteiger partial charge in [0.15, 0.2) is 5.82 Å². The summed E-state index contributed by atoms with van der Waals surface area (Å²) in [7, 11) is 5.46. The third-order valence-corrected chi connectivity index (χ3v) is 9.48. The predicted molar refractivity (Wildman–Crippen MR) is 170 cm³/mol. The lowest BCUT2D eigenvalue weighted by Crippen LogP contribution is -2.41. The van der Waals surface area contributed by atoms with Gasteiger partial charge in [-0.1, -0.05) is 11.6 Å². The minimum Gasteiger partial charge on any atom is -0.456 e. The van der Waals surface area contributed by atoms with Crippen LogP contribution in [0.3, 0.4) is 0 Å². The lowest BCUT2D eigenvalue weighted by atomic mass is 9.96. The Hall–Kier alpha value is -4.49. The third kappa shape index (κ3) is 5.17. The molecule has 1 saturated heterocycles. The number of benzene rings is 2. The Labute approximate surface area is 270 Å². The zero-order valence-electron chi connectivity index (χ0n) is 25.0. The van der Waals surface area contributed by atoms with E-state index in [1.807, 2.05) is 32.0 Å². The van der Waals surface area contributed by atoms with Gasteiger partial charge in [-0.05, 0) is 27.1 Å². The van der Waals surface area contributed by atoms with E-state index in [1.165, 1.54) is 12.4 Å². The summed E-state index contributed by atoms with van der Waals surface area (Å²) in [4.78, 5) is 20.9. The van der Waals surface area contributed by atoms with Crippen molar-refractivity contribution in [3.8, 4) is 23.2 Å². The summed E-state index contributed by atoms with van der Waals surface area (Å²) in [6.45, 7) is 2.48. The molecule has 3 atom stereocenters. The Balaban J connectivity index is 1.61. The van der Waals surface area contributed by atoms with Crippen LogP contribution in [0.1, 0.15) is 24.1 Å². The fourth-order valence-corrected chi connectivity index (χ4v) is 6.83. The number of ether oxygens (including phenoxy) is 2. The highest BCUT2D eigenvalue weighted by molar-refractivity contribution is 7.23. The highest BCUT2D eigenvalue weighted by Gasteiger charge is 2.34. The van der Waals surface area contributed by atoms with Gasteiger partial charge in [0, 0.05) is 46.8 Å². The number of fused-ring (bicyclic) bond motifs is 2. The molecule has 0 unspecified atom stereocenters. The van der Waals surface area contributed by atoms with Gasteiger partial charge in [-0.15, -0.1) is 11.3 Å². The topological polar surface area (TPSA) is 152 Å². The van der Waals surface area contributed by atoms with Crippen LogP contribution >= 0.6 is 22.9 Å². The van der Waals surface area contributed by atoms with Crippen LogP contribution in [-0.2, 0) is 4.74 Å². The van der Waals surface area contributed by atoms with Gasteiger partial charge in [0.1, 0.15) is 52.3 Å². The van der Waals surface area contributed by atoms with E-state index in [0.717, 1.165) is 11.3 Å². The first kappa shape index (κ1) is 31.5. The maximum atomic E-state index is 16.9. The number of thiophene rings is 1. The third-order valence-electron chi connectivity index (χ3n) is 8.16. The molecule has 3 aromatic heterocycles. The van der Waals surface area contributed by atoms with Crippen LogP contribution < -0.4 is 21.1 Å².